The highest BCUT2D eigenvalue weighted by Crippen LogP contribution is 2.33. The predicted molar refractivity (Wildman–Crippen MR) is 67.6 cm³/mol. The second kappa shape index (κ2) is 4.20. The Bertz CT molecular complexity index is 481. The van der Waals surface area contributed by atoms with Crippen molar-refractivity contribution in [2.45, 2.75) is 26.4 Å². The van der Waals surface area contributed by atoms with Gasteiger partial charge < -0.3 is 10.0 Å². The molecule has 1 aromatic heterocycles. The van der Waals surface area contributed by atoms with Gasteiger partial charge in [-0.05, 0) is 18.9 Å². The van der Waals surface area contributed by atoms with Crippen LogP contribution in [-0.2, 0) is 0 Å². The van der Waals surface area contributed by atoms with Crippen LogP contribution in [0.1, 0.15) is 19.4 Å². The van der Waals surface area contributed by atoms with Crippen molar-refractivity contribution in [3.8, 4) is 0 Å². The lowest BCUT2D eigenvalue weighted by molar-refractivity contribution is -0.385. The number of anilines is 1. The van der Waals surface area contributed by atoms with Gasteiger partial charge in [-0.25, -0.2) is 4.98 Å². The van der Waals surface area contributed by atoms with E-state index in [1.807, 2.05) is 18.7 Å². The molecular formula is C12H17N3O3. The Balaban J connectivity index is 2.14. The third-order valence-corrected chi connectivity index (χ3v) is 3.59. The van der Waals surface area contributed by atoms with Crippen molar-refractivity contribution >= 4 is 11.5 Å². The first-order chi connectivity index (χ1) is 8.33. The normalized spacial score (nSPS) is 17.7. The van der Waals surface area contributed by atoms with Crippen molar-refractivity contribution < 1.29 is 10.0 Å². The first-order valence-corrected chi connectivity index (χ1v) is 5.92. The van der Waals surface area contributed by atoms with Crippen LogP contribution in [0, 0.1) is 23.0 Å². The van der Waals surface area contributed by atoms with Crippen LogP contribution in [0.5, 0.6) is 0 Å². The Morgan fingerprint density at radius 2 is 2.17 bits per heavy atom. The van der Waals surface area contributed by atoms with Gasteiger partial charge in [0.25, 0.3) is 5.69 Å². The minimum Gasteiger partial charge on any atom is -0.386 e. The minimum absolute atomic E-state index is 0.0263. The smallest absolute Gasteiger partial charge is 0.290 e. The molecule has 0 aromatic carbocycles. The van der Waals surface area contributed by atoms with Crippen molar-refractivity contribution in [1.29, 1.82) is 0 Å². The molecule has 1 aliphatic rings. The summed E-state index contributed by atoms with van der Waals surface area (Å²) in [6.07, 6.45) is 1.28. The van der Waals surface area contributed by atoms with E-state index in [0.717, 1.165) is 0 Å². The molecule has 0 aliphatic carbocycles. The first-order valence-electron chi connectivity index (χ1n) is 5.92. The average molecular weight is 251 g/mol. The molecule has 0 spiro atoms. The Morgan fingerprint density at radius 3 is 2.61 bits per heavy atom. The molecule has 0 saturated carbocycles. The van der Waals surface area contributed by atoms with Gasteiger partial charge in [-0.3, -0.25) is 10.1 Å². The molecule has 1 aliphatic heterocycles. The van der Waals surface area contributed by atoms with E-state index in [1.165, 1.54) is 6.20 Å². The highest BCUT2D eigenvalue weighted by Gasteiger charge is 2.44. The van der Waals surface area contributed by atoms with Gasteiger partial charge in [0.05, 0.1) is 18.0 Å². The summed E-state index contributed by atoms with van der Waals surface area (Å²) in [5.41, 5.74) is -0.0550. The molecule has 1 N–H and O–H groups in total. The number of nitrogens with zero attached hydrogens (tertiary/aromatic N) is 3. The first kappa shape index (κ1) is 12.8. The summed E-state index contributed by atoms with van der Waals surface area (Å²) in [6, 6.07) is 1.69. The van der Waals surface area contributed by atoms with Crippen LogP contribution >= 0.6 is 0 Å². The van der Waals surface area contributed by atoms with Gasteiger partial charge >= 0.3 is 0 Å². The van der Waals surface area contributed by atoms with E-state index in [1.54, 1.807) is 13.0 Å². The molecule has 1 saturated heterocycles. The van der Waals surface area contributed by atoms with Gasteiger partial charge in [0.1, 0.15) is 17.6 Å². The molecule has 0 radical (unpaired) electrons. The van der Waals surface area contributed by atoms with E-state index < -0.39 is 10.5 Å². The molecule has 0 amide bonds. The van der Waals surface area contributed by atoms with E-state index in [-0.39, 0.29) is 11.6 Å². The second-order valence-corrected chi connectivity index (χ2v) is 5.20. The Kier molecular flexibility index (Phi) is 2.98. The lowest BCUT2D eigenvalue weighted by Crippen LogP contribution is -2.65. The summed E-state index contributed by atoms with van der Waals surface area (Å²) >= 11 is 0. The molecule has 98 valence electrons. The number of hydrogen-bond acceptors (Lipinski definition) is 5. The standard InChI is InChI=1S/C12H17N3O3/c1-8(2)12(16)6-14(7-12)11-4-9(3)10(5-13-11)15(17)18/h4-5,8,16H,6-7H2,1-3H3. The summed E-state index contributed by atoms with van der Waals surface area (Å²) in [4.78, 5) is 16.3. The summed E-state index contributed by atoms with van der Waals surface area (Å²) in [5, 5.41) is 20.8. The maximum Gasteiger partial charge on any atom is 0.290 e. The van der Waals surface area contributed by atoms with E-state index >= 15 is 0 Å². The fraction of sp³-hybridized carbons (Fsp3) is 0.583. The van der Waals surface area contributed by atoms with Crippen molar-refractivity contribution in [1.82, 2.24) is 4.98 Å². The number of aliphatic hydroxyl groups is 1. The predicted octanol–water partition coefficient (Wildman–Crippen LogP) is 1.51. The Hall–Kier alpha value is -1.69. The van der Waals surface area contributed by atoms with E-state index in [4.69, 9.17) is 0 Å². The van der Waals surface area contributed by atoms with Crippen LogP contribution in [0.15, 0.2) is 12.3 Å². The lowest BCUT2D eigenvalue weighted by atomic mass is 9.83. The Labute approximate surface area is 105 Å². The number of hydrogen-bond donors (Lipinski definition) is 1. The number of nitro groups is 1. The lowest BCUT2D eigenvalue weighted by Gasteiger charge is -2.49. The Morgan fingerprint density at radius 1 is 1.56 bits per heavy atom. The SMILES string of the molecule is Cc1cc(N2CC(O)(C(C)C)C2)ncc1[N+](=O)[O-]. The van der Waals surface area contributed by atoms with Gasteiger partial charge in [-0.2, -0.15) is 0 Å². The quantitative estimate of drug-likeness (QED) is 0.650. The molecule has 6 heteroatoms. The average Bonchev–Trinajstić information content (AvgIpc) is 2.23. The van der Waals surface area contributed by atoms with Gasteiger partial charge in [-0.1, -0.05) is 13.8 Å². The highest BCUT2D eigenvalue weighted by atomic mass is 16.6. The fourth-order valence-corrected chi connectivity index (χ4v) is 2.04. The van der Waals surface area contributed by atoms with Gasteiger partial charge in [0, 0.05) is 5.56 Å². The monoisotopic (exact) mass is 251 g/mol. The number of pyridine rings is 1. The molecule has 1 fully saturated rings. The van der Waals surface area contributed by atoms with Crippen LogP contribution in [0.4, 0.5) is 11.5 Å². The molecule has 2 rings (SSSR count). The number of β-amino-alcohol motifs (C(OH)–C–C–N with tert-alkyl or cyclic N) is 1. The zero-order valence-electron chi connectivity index (χ0n) is 10.8. The van der Waals surface area contributed by atoms with Crippen LogP contribution < -0.4 is 4.90 Å². The molecular weight excluding hydrogens is 234 g/mol. The molecule has 18 heavy (non-hydrogen) atoms. The fourth-order valence-electron chi connectivity index (χ4n) is 2.04. The van der Waals surface area contributed by atoms with Crippen LogP contribution in [-0.4, -0.2) is 33.7 Å². The number of aromatic nitrogens is 1. The number of rotatable bonds is 3. The van der Waals surface area contributed by atoms with Gasteiger partial charge in [-0.15, -0.1) is 0 Å². The van der Waals surface area contributed by atoms with Crippen LogP contribution in [0.3, 0.4) is 0 Å². The van der Waals surface area contributed by atoms with E-state index in [9.17, 15) is 15.2 Å². The third-order valence-electron chi connectivity index (χ3n) is 3.59. The summed E-state index contributed by atoms with van der Waals surface area (Å²) in [5.74, 6) is 0.872. The largest absolute Gasteiger partial charge is 0.386 e. The van der Waals surface area contributed by atoms with Crippen LogP contribution in [0.25, 0.3) is 0 Å². The molecule has 2 heterocycles. The second-order valence-electron chi connectivity index (χ2n) is 5.20. The van der Waals surface area contributed by atoms with Gasteiger partial charge in [0.2, 0.25) is 0 Å². The van der Waals surface area contributed by atoms with Crippen molar-refractivity contribution in [2.75, 3.05) is 18.0 Å². The van der Waals surface area contributed by atoms with Gasteiger partial charge in [0.15, 0.2) is 0 Å². The number of aryl methyl sites for hydroxylation is 1. The van der Waals surface area contributed by atoms with Crippen molar-refractivity contribution in [3.63, 3.8) is 0 Å². The van der Waals surface area contributed by atoms with E-state index in [0.29, 0.717) is 24.5 Å². The highest BCUT2D eigenvalue weighted by molar-refractivity contribution is 5.51. The molecule has 0 atom stereocenters. The third kappa shape index (κ3) is 2.03. The maximum atomic E-state index is 10.7. The topological polar surface area (TPSA) is 79.5 Å². The maximum absolute atomic E-state index is 10.7. The zero-order valence-corrected chi connectivity index (χ0v) is 10.8. The molecule has 1 aromatic rings. The summed E-state index contributed by atoms with van der Waals surface area (Å²) < 4.78 is 0. The van der Waals surface area contributed by atoms with E-state index in [2.05, 4.69) is 4.98 Å². The molecule has 0 unspecified atom stereocenters. The minimum atomic E-state index is -0.669. The summed E-state index contributed by atoms with van der Waals surface area (Å²) in [7, 11) is 0. The van der Waals surface area contributed by atoms with Crippen molar-refractivity contribution in [3.05, 3.63) is 27.9 Å². The summed E-state index contributed by atoms with van der Waals surface area (Å²) in [6.45, 7) is 6.69. The van der Waals surface area contributed by atoms with Crippen LogP contribution in [0.2, 0.25) is 0 Å². The van der Waals surface area contributed by atoms with Crippen molar-refractivity contribution in [2.24, 2.45) is 5.92 Å². The molecule has 0 bridgehead atoms. The molecule has 6 nitrogen and oxygen atoms in total. The zero-order chi connectivity index (χ0) is 13.5.